The van der Waals surface area contributed by atoms with Gasteiger partial charge in [0.2, 0.25) is 0 Å². The van der Waals surface area contributed by atoms with Crippen molar-refractivity contribution in [2.24, 2.45) is 17.3 Å². The summed E-state index contributed by atoms with van der Waals surface area (Å²) in [5.41, 5.74) is 0.749. The van der Waals surface area contributed by atoms with Crippen molar-refractivity contribution in [2.45, 2.75) is 78.7 Å². The number of nitrogens with zero attached hydrogens (tertiary/aromatic N) is 1. The fourth-order valence-electron chi connectivity index (χ4n) is 4.21. The van der Waals surface area contributed by atoms with Gasteiger partial charge in [-0.15, -0.1) is 0 Å². The smallest absolute Gasteiger partial charge is 0.00385 e. The van der Waals surface area contributed by atoms with Crippen LogP contribution in [-0.4, -0.2) is 24.0 Å². The van der Waals surface area contributed by atoms with E-state index in [9.17, 15) is 0 Å². The molecular weight excluding hydrogens is 218 g/mol. The second kappa shape index (κ2) is 5.94. The van der Waals surface area contributed by atoms with Gasteiger partial charge in [-0.2, -0.15) is 0 Å². The Hall–Kier alpha value is -0.0400. The van der Waals surface area contributed by atoms with Crippen molar-refractivity contribution >= 4 is 0 Å². The molecule has 1 spiro atoms. The highest BCUT2D eigenvalue weighted by Gasteiger charge is 2.38. The molecule has 1 saturated heterocycles. The quantitative estimate of drug-likeness (QED) is 0.702. The van der Waals surface area contributed by atoms with Crippen molar-refractivity contribution in [1.29, 1.82) is 0 Å². The Balaban J connectivity index is 1.79. The summed E-state index contributed by atoms with van der Waals surface area (Å²) in [5.74, 6) is 1.94. The van der Waals surface area contributed by atoms with Crippen molar-refractivity contribution in [3.8, 4) is 0 Å². The Morgan fingerprint density at radius 2 is 1.50 bits per heavy atom. The van der Waals surface area contributed by atoms with Crippen molar-refractivity contribution in [3.05, 3.63) is 0 Å². The minimum absolute atomic E-state index is 0.749. The Labute approximate surface area is 114 Å². The highest BCUT2D eigenvalue weighted by molar-refractivity contribution is 4.90. The Bertz CT molecular complexity index is 238. The van der Waals surface area contributed by atoms with E-state index in [1.807, 2.05) is 0 Å². The first-order chi connectivity index (χ1) is 8.51. The van der Waals surface area contributed by atoms with Crippen LogP contribution in [-0.2, 0) is 0 Å². The molecule has 18 heavy (non-hydrogen) atoms. The van der Waals surface area contributed by atoms with Crippen LogP contribution >= 0.6 is 0 Å². The molecule has 0 amide bonds. The number of hydrogen-bond donors (Lipinski definition) is 0. The van der Waals surface area contributed by atoms with Gasteiger partial charge in [0, 0.05) is 6.04 Å². The highest BCUT2D eigenvalue weighted by atomic mass is 15.2. The standard InChI is InChI=1S/C17H33N/c1-14(2)13-16-5-7-17(8-6-16)9-11-18(12-10-17)15(3)4/h14-16H,5-13H2,1-4H3. The van der Waals surface area contributed by atoms with E-state index < -0.39 is 0 Å². The maximum Gasteiger partial charge on any atom is 0.00385 e. The zero-order valence-electron chi connectivity index (χ0n) is 13.0. The van der Waals surface area contributed by atoms with Gasteiger partial charge in [0.15, 0.2) is 0 Å². The molecule has 2 aliphatic rings. The maximum atomic E-state index is 2.67. The number of rotatable bonds is 3. The van der Waals surface area contributed by atoms with Gasteiger partial charge in [0.05, 0.1) is 0 Å². The van der Waals surface area contributed by atoms with Gasteiger partial charge in [0.1, 0.15) is 0 Å². The summed E-state index contributed by atoms with van der Waals surface area (Å²) >= 11 is 0. The minimum atomic E-state index is 0.749. The average Bonchev–Trinajstić information content (AvgIpc) is 2.32. The van der Waals surface area contributed by atoms with Crippen LogP contribution in [0.5, 0.6) is 0 Å². The van der Waals surface area contributed by atoms with E-state index in [0.717, 1.165) is 23.3 Å². The van der Waals surface area contributed by atoms with Crippen LogP contribution in [0.1, 0.15) is 72.6 Å². The Kier molecular flexibility index (Phi) is 4.75. The SMILES string of the molecule is CC(C)CC1CCC2(CC1)CCN(C(C)C)CC2. The normalized spacial score (nSPS) is 26.3. The van der Waals surface area contributed by atoms with Gasteiger partial charge in [-0.25, -0.2) is 0 Å². The number of likely N-dealkylation sites (tertiary alicyclic amines) is 1. The number of hydrogen-bond acceptors (Lipinski definition) is 1. The van der Waals surface area contributed by atoms with Crippen molar-refractivity contribution in [1.82, 2.24) is 4.90 Å². The van der Waals surface area contributed by atoms with Gasteiger partial charge in [-0.05, 0) is 89.1 Å². The second-order valence-corrected chi connectivity index (χ2v) is 7.70. The van der Waals surface area contributed by atoms with Gasteiger partial charge in [-0.3, -0.25) is 0 Å². The summed E-state index contributed by atoms with van der Waals surface area (Å²) in [6, 6.07) is 0.750. The fourth-order valence-corrected chi connectivity index (χ4v) is 4.21. The van der Waals surface area contributed by atoms with Crippen molar-refractivity contribution < 1.29 is 0 Å². The van der Waals surface area contributed by atoms with Crippen LogP contribution in [0, 0.1) is 17.3 Å². The zero-order chi connectivity index (χ0) is 13.2. The second-order valence-electron chi connectivity index (χ2n) is 7.70. The first-order valence-electron chi connectivity index (χ1n) is 8.25. The molecule has 1 heterocycles. The first-order valence-corrected chi connectivity index (χ1v) is 8.25. The third-order valence-electron chi connectivity index (χ3n) is 5.56. The Morgan fingerprint density at radius 3 is 1.94 bits per heavy atom. The lowest BCUT2D eigenvalue weighted by Crippen LogP contribution is -2.44. The maximum absolute atomic E-state index is 2.67. The van der Waals surface area contributed by atoms with E-state index >= 15 is 0 Å². The molecule has 0 radical (unpaired) electrons. The minimum Gasteiger partial charge on any atom is -0.301 e. The van der Waals surface area contributed by atoms with Crippen LogP contribution in [0.3, 0.4) is 0 Å². The molecule has 0 atom stereocenters. The molecular formula is C17H33N. The molecule has 1 saturated carbocycles. The van der Waals surface area contributed by atoms with Crippen LogP contribution in [0.4, 0.5) is 0 Å². The number of piperidine rings is 1. The highest BCUT2D eigenvalue weighted by Crippen LogP contribution is 2.47. The van der Waals surface area contributed by atoms with Crippen molar-refractivity contribution in [2.75, 3.05) is 13.1 Å². The van der Waals surface area contributed by atoms with E-state index in [1.165, 1.54) is 58.0 Å². The molecule has 1 aliphatic heterocycles. The van der Waals surface area contributed by atoms with E-state index in [-0.39, 0.29) is 0 Å². The van der Waals surface area contributed by atoms with Gasteiger partial charge >= 0.3 is 0 Å². The summed E-state index contributed by atoms with van der Waals surface area (Å²) in [4.78, 5) is 2.67. The van der Waals surface area contributed by atoms with Crippen LogP contribution in [0.25, 0.3) is 0 Å². The van der Waals surface area contributed by atoms with Gasteiger partial charge in [-0.1, -0.05) is 13.8 Å². The molecule has 2 rings (SSSR count). The molecule has 1 aliphatic carbocycles. The molecule has 0 aromatic rings. The molecule has 0 aromatic heterocycles. The largest absolute Gasteiger partial charge is 0.301 e. The molecule has 0 N–H and O–H groups in total. The van der Waals surface area contributed by atoms with E-state index in [0.29, 0.717) is 0 Å². The zero-order valence-corrected chi connectivity index (χ0v) is 13.0. The predicted octanol–water partition coefficient (Wildman–Crippen LogP) is 4.71. The van der Waals surface area contributed by atoms with Gasteiger partial charge < -0.3 is 4.90 Å². The third kappa shape index (κ3) is 3.50. The monoisotopic (exact) mass is 251 g/mol. The first kappa shape index (κ1) is 14.4. The fraction of sp³-hybridized carbons (Fsp3) is 1.00. The van der Waals surface area contributed by atoms with Crippen LogP contribution in [0.2, 0.25) is 0 Å². The van der Waals surface area contributed by atoms with Gasteiger partial charge in [0.25, 0.3) is 0 Å². The molecule has 1 nitrogen and oxygen atoms in total. The molecule has 0 aromatic carbocycles. The average molecular weight is 251 g/mol. The van der Waals surface area contributed by atoms with E-state index in [1.54, 1.807) is 0 Å². The lowest BCUT2D eigenvalue weighted by atomic mass is 9.64. The summed E-state index contributed by atoms with van der Waals surface area (Å²) in [6.07, 6.45) is 10.5. The topological polar surface area (TPSA) is 3.24 Å². The molecule has 2 fully saturated rings. The van der Waals surface area contributed by atoms with E-state index in [4.69, 9.17) is 0 Å². The molecule has 0 unspecified atom stereocenters. The summed E-state index contributed by atoms with van der Waals surface area (Å²) in [6.45, 7) is 12.2. The van der Waals surface area contributed by atoms with Crippen LogP contribution in [0.15, 0.2) is 0 Å². The summed E-state index contributed by atoms with van der Waals surface area (Å²) in [7, 11) is 0. The van der Waals surface area contributed by atoms with Crippen LogP contribution < -0.4 is 0 Å². The lowest BCUT2D eigenvalue weighted by molar-refractivity contribution is 0.0367. The Morgan fingerprint density at radius 1 is 0.944 bits per heavy atom. The molecule has 1 heteroatoms. The van der Waals surface area contributed by atoms with E-state index in [2.05, 4.69) is 32.6 Å². The lowest BCUT2D eigenvalue weighted by Gasteiger charge is -2.47. The summed E-state index contributed by atoms with van der Waals surface area (Å²) in [5, 5.41) is 0. The predicted molar refractivity (Wildman–Crippen MR) is 79.8 cm³/mol. The summed E-state index contributed by atoms with van der Waals surface area (Å²) < 4.78 is 0. The molecule has 0 bridgehead atoms. The molecule has 106 valence electrons. The third-order valence-corrected chi connectivity index (χ3v) is 5.56. The van der Waals surface area contributed by atoms with Crippen molar-refractivity contribution in [3.63, 3.8) is 0 Å².